The first-order valence-electron chi connectivity index (χ1n) is 13.6. The fourth-order valence-corrected chi connectivity index (χ4v) is 4.64. The summed E-state index contributed by atoms with van der Waals surface area (Å²) in [5.74, 6) is 0. The Kier molecular flexibility index (Phi) is 21.8. The van der Waals surface area contributed by atoms with Gasteiger partial charge in [-0.15, -0.1) is 0 Å². The van der Waals surface area contributed by atoms with E-state index in [1.165, 1.54) is 44.8 Å². The smallest absolute Gasteiger partial charge is 1.00 e. The van der Waals surface area contributed by atoms with Crippen molar-refractivity contribution in [1.82, 2.24) is 5.32 Å². The van der Waals surface area contributed by atoms with Crippen molar-refractivity contribution in [3.05, 3.63) is 57.6 Å². The van der Waals surface area contributed by atoms with Gasteiger partial charge in [-0.05, 0) is 97.8 Å². The molecule has 3 nitrogen and oxygen atoms in total. The molecule has 0 aliphatic rings. The van der Waals surface area contributed by atoms with Crippen LogP contribution in [0.3, 0.4) is 0 Å². The van der Waals surface area contributed by atoms with Crippen LogP contribution in [0.25, 0.3) is 0 Å². The second-order valence-corrected chi connectivity index (χ2v) is 9.01. The predicted octanol–water partition coefficient (Wildman–Crippen LogP) is 0.960. The molecule has 3 N–H and O–H groups in total. The van der Waals surface area contributed by atoms with Crippen molar-refractivity contribution in [1.29, 1.82) is 0 Å². The maximum absolute atomic E-state index is 3.74. The fraction of sp³-hybridized carbons (Fsp3) is 0.600. The van der Waals surface area contributed by atoms with Gasteiger partial charge in [-0.25, -0.2) is 0 Å². The Morgan fingerprint density at radius 3 is 1.03 bits per heavy atom. The number of benzene rings is 2. The van der Waals surface area contributed by atoms with E-state index in [1.54, 1.807) is 0 Å². The molecule has 0 bridgehead atoms. The van der Waals surface area contributed by atoms with Crippen LogP contribution < -0.4 is 40.8 Å². The van der Waals surface area contributed by atoms with Gasteiger partial charge >= 0.3 is 16.8 Å². The van der Waals surface area contributed by atoms with Crippen LogP contribution in [0.2, 0.25) is 0 Å². The van der Waals surface area contributed by atoms with Crippen LogP contribution in [-0.2, 0) is 55.3 Å². The largest absolute Gasteiger partial charge is 2.00 e. The third-order valence-corrected chi connectivity index (χ3v) is 6.73. The summed E-state index contributed by atoms with van der Waals surface area (Å²) < 4.78 is 0. The summed E-state index contributed by atoms with van der Waals surface area (Å²) in [5, 5.41) is 11.1. The van der Waals surface area contributed by atoms with Gasteiger partial charge in [0.2, 0.25) is 0 Å². The average Bonchev–Trinajstić information content (AvgIpc) is 2.86. The minimum Gasteiger partial charge on any atom is -1.00 e. The summed E-state index contributed by atoms with van der Waals surface area (Å²) in [5.41, 5.74) is 11.6. The van der Waals surface area contributed by atoms with E-state index in [-0.39, 0.29) is 41.6 Å². The number of hydrogen-bond acceptors (Lipinski definition) is 3. The molecule has 6 heteroatoms. The number of aryl methyl sites for hydroxylation is 6. The zero-order valence-corrected chi connectivity index (χ0v) is 25.9. The molecule has 0 fully saturated rings. The average molecular weight is 582 g/mol. The summed E-state index contributed by atoms with van der Waals surface area (Å²) in [6, 6.07) is 9.54. The van der Waals surface area contributed by atoms with Crippen molar-refractivity contribution in [2.24, 2.45) is 0 Å². The van der Waals surface area contributed by atoms with Gasteiger partial charge in [-0.2, -0.15) is 0 Å². The molecule has 2 rings (SSSR count). The van der Waals surface area contributed by atoms with E-state index in [2.05, 4.69) is 81.8 Å². The molecular formula is C30H49Cl2CoN3. The van der Waals surface area contributed by atoms with Crippen LogP contribution in [0, 0.1) is 0 Å². The van der Waals surface area contributed by atoms with E-state index < -0.39 is 0 Å². The van der Waals surface area contributed by atoms with Gasteiger partial charge in [0.15, 0.2) is 0 Å². The molecule has 2 aromatic rings. The van der Waals surface area contributed by atoms with Crippen LogP contribution in [0.15, 0.2) is 24.3 Å². The Balaban J connectivity index is 0. The Morgan fingerprint density at radius 2 is 0.778 bits per heavy atom. The SMILES string of the molecule is CCc1cc(CC)c(NCCCNCCCNc2c(CC)cc(CC)cc2CC)c(CC)c1.[Cl-].[Cl-].[Co+2]. The number of halogens is 2. The minimum atomic E-state index is 0. The minimum absolute atomic E-state index is 0. The standard InChI is InChI=1S/C30H49N3.2ClH.Co/c1-7-23-19-25(9-3)29(26(10-4)20-23)32-17-13-15-31-16-14-18-33-30-27(11-5)21-24(8-2)22-28(30)12-6;;;/h19-22,31-33H,7-18H2,1-6H3;2*1H;/q;;;+2/p-2. The Labute approximate surface area is 244 Å². The Morgan fingerprint density at radius 1 is 0.472 bits per heavy atom. The van der Waals surface area contributed by atoms with E-state index in [9.17, 15) is 0 Å². The van der Waals surface area contributed by atoms with Crippen molar-refractivity contribution in [2.75, 3.05) is 36.8 Å². The van der Waals surface area contributed by atoms with E-state index >= 15 is 0 Å². The van der Waals surface area contributed by atoms with Gasteiger partial charge in [-0.3, -0.25) is 0 Å². The zero-order chi connectivity index (χ0) is 24.1. The Hall–Kier alpha value is -0.914. The molecule has 0 saturated carbocycles. The van der Waals surface area contributed by atoms with Gasteiger partial charge in [0.1, 0.15) is 0 Å². The molecule has 0 atom stereocenters. The first-order valence-corrected chi connectivity index (χ1v) is 13.6. The van der Waals surface area contributed by atoms with Crippen LogP contribution in [0.4, 0.5) is 11.4 Å². The molecule has 0 aliphatic carbocycles. The topological polar surface area (TPSA) is 36.1 Å². The van der Waals surface area contributed by atoms with Crippen molar-refractivity contribution in [3.63, 3.8) is 0 Å². The Bertz CT molecular complexity index is 739. The molecular weight excluding hydrogens is 532 g/mol. The van der Waals surface area contributed by atoms with E-state index in [0.717, 1.165) is 77.5 Å². The normalized spacial score (nSPS) is 10.2. The molecule has 0 saturated heterocycles. The van der Waals surface area contributed by atoms with E-state index in [0.29, 0.717) is 0 Å². The van der Waals surface area contributed by atoms with Crippen molar-refractivity contribution in [2.45, 2.75) is 92.9 Å². The third kappa shape index (κ3) is 11.2. The maximum atomic E-state index is 3.74. The zero-order valence-electron chi connectivity index (χ0n) is 23.4. The molecule has 207 valence electrons. The van der Waals surface area contributed by atoms with Crippen molar-refractivity contribution in [3.8, 4) is 0 Å². The molecule has 0 unspecified atom stereocenters. The van der Waals surface area contributed by atoms with E-state index in [4.69, 9.17) is 0 Å². The van der Waals surface area contributed by atoms with Crippen LogP contribution in [0.5, 0.6) is 0 Å². The molecule has 36 heavy (non-hydrogen) atoms. The molecule has 1 radical (unpaired) electrons. The summed E-state index contributed by atoms with van der Waals surface area (Å²) in [6.45, 7) is 17.7. The number of hydrogen-bond donors (Lipinski definition) is 3. The summed E-state index contributed by atoms with van der Waals surface area (Å²) in [6.07, 6.45) is 8.89. The quantitative estimate of drug-likeness (QED) is 0.259. The van der Waals surface area contributed by atoms with Gasteiger partial charge in [0.05, 0.1) is 0 Å². The van der Waals surface area contributed by atoms with Gasteiger partial charge in [0.25, 0.3) is 0 Å². The van der Waals surface area contributed by atoms with Crippen LogP contribution in [0.1, 0.15) is 87.8 Å². The second-order valence-electron chi connectivity index (χ2n) is 9.01. The van der Waals surface area contributed by atoms with Gasteiger partial charge in [-0.1, -0.05) is 65.8 Å². The van der Waals surface area contributed by atoms with Gasteiger partial charge < -0.3 is 40.8 Å². The number of nitrogens with one attached hydrogen (secondary N) is 3. The predicted molar refractivity (Wildman–Crippen MR) is 148 cm³/mol. The maximum Gasteiger partial charge on any atom is 2.00 e. The second kappa shape index (κ2) is 21.1. The summed E-state index contributed by atoms with van der Waals surface area (Å²) >= 11 is 0. The number of rotatable bonds is 16. The molecule has 2 aromatic carbocycles. The van der Waals surface area contributed by atoms with Crippen molar-refractivity contribution >= 4 is 11.4 Å². The molecule has 0 amide bonds. The number of anilines is 2. The summed E-state index contributed by atoms with van der Waals surface area (Å²) in [4.78, 5) is 0. The molecule has 0 spiro atoms. The van der Waals surface area contributed by atoms with Gasteiger partial charge in [0, 0.05) is 24.5 Å². The van der Waals surface area contributed by atoms with E-state index in [1.807, 2.05) is 0 Å². The third-order valence-electron chi connectivity index (χ3n) is 6.73. The molecule has 0 aliphatic heterocycles. The van der Waals surface area contributed by atoms with Crippen LogP contribution >= 0.6 is 0 Å². The first-order chi connectivity index (χ1) is 16.1. The van der Waals surface area contributed by atoms with Crippen LogP contribution in [-0.4, -0.2) is 26.2 Å². The molecule has 0 aromatic heterocycles. The molecule has 0 heterocycles. The first kappa shape index (κ1) is 37.2. The summed E-state index contributed by atoms with van der Waals surface area (Å²) in [7, 11) is 0. The monoisotopic (exact) mass is 580 g/mol. The van der Waals surface area contributed by atoms with Crippen molar-refractivity contribution < 1.29 is 41.6 Å². The fourth-order valence-electron chi connectivity index (χ4n) is 4.64.